The summed E-state index contributed by atoms with van der Waals surface area (Å²) in [5, 5.41) is 0. The highest BCUT2D eigenvalue weighted by Crippen LogP contribution is 2.40. The zero-order valence-electron chi connectivity index (χ0n) is 17.1. The molecule has 0 unspecified atom stereocenters. The third-order valence-corrected chi connectivity index (χ3v) is 4.86. The van der Waals surface area contributed by atoms with E-state index in [-0.39, 0.29) is 0 Å². The average Bonchev–Trinajstić information content (AvgIpc) is 2.77. The molecular weight excluding hydrogens is 382 g/mol. The number of hydrogen-bond acceptors (Lipinski definition) is 7. The molecule has 0 saturated carbocycles. The number of amidine groups is 1. The van der Waals surface area contributed by atoms with Crippen LogP contribution in [0.4, 0.5) is 11.4 Å². The van der Waals surface area contributed by atoms with Gasteiger partial charge in [-0.2, -0.15) is 0 Å². The summed E-state index contributed by atoms with van der Waals surface area (Å²) in [7, 11) is 3.27. The number of methoxy groups -OCH3 is 2. The molecule has 4 rings (SSSR count). The van der Waals surface area contributed by atoms with Gasteiger partial charge in [-0.05, 0) is 18.2 Å². The van der Waals surface area contributed by atoms with Crippen LogP contribution in [0.25, 0.3) is 0 Å². The van der Waals surface area contributed by atoms with Crippen molar-refractivity contribution in [3.8, 4) is 23.8 Å². The quantitative estimate of drug-likeness (QED) is 0.498. The molecule has 154 valence electrons. The average molecular weight is 405 g/mol. The van der Waals surface area contributed by atoms with Crippen molar-refractivity contribution in [3.63, 3.8) is 0 Å². The molecule has 7 heteroatoms. The Morgan fingerprint density at radius 2 is 1.73 bits per heavy atom. The van der Waals surface area contributed by atoms with Crippen molar-refractivity contribution in [2.24, 2.45) is 9.98 Å². The summed E-state index contributed by atoms with van der Waals surface area (Å²) in [4.78, 5) is 11.5. The molecule has 0 bridgehead atoms. The molecule has 0 fully saturated rings. The summed E-state index contributed by atoms with van der Waals surface area (Å²) in [6, 6.07) is 9.63. The molecule has 0 aromatic heterocycles. The van der Waals surface area contributed by atoms with E-state index in [4.69, 9.17) is 30.4 Å². The van der Waals surface area contributed by atoms with Crippen molar-refractivity contribution in [3.05, 3.63) is 47.0 Å². The summed E-state index contributed by atoms with van der Waals surface area (Å²) < 4.78 is 22.0. The van der Waals surface area contributed by atoms with Gasteiger partial charge in [0.15, 0.2) is 11.5 Å². The van der Waals surface area contributed by atoms with Crippen molar-refractivity contribution in [1.82, 2.24) is 4.90 Å². The zero-order chi connectivity index (χ0) is 20.9. The predicted molar refractivity (Wildman–Crippen MR) is 115 cm³/mol. The van der Waals surface area contributed by atoms with Crippen molar-refractivity contribution < 1.29 is 18.9 Å². The van der Waals surface area contributed by atoms with Crippen LogP contribution in [0.3, 0.4) is 0 Å². The Balaban J connectivity index is 1.74. The lowest BCUT2D eigenvalue weighted by Crippen LogP contribution is -2.34. The van der Waals surface area contributed by atoms with Gasteiger partial charge in [0.1, 0.15) is 19.0 Å². The maximum atomic E-state index is 5.92. The number of aliphatic imine (C=N–C) groups is 2. The first-order valence-corrected chi connectivity index (χ1v) is 9.65. The van der Waals surface area contributed by atoms with E-state index < -0.39 is 0 Å². The van der Waals surface area contributed by atoms with Gasteiger partial charge in [-0.1, -0.05) is 12.0 Å². The highest BCUT2D eigenvalue weighted by molar-refractivity contribution is 6.12. The fourth-order valence-corrected chi connectivity index (χ4v) is 3.38. The second-order valence-corrected chi connectivity index (χ2v) is 6.75. The van der Waals surface area contributed by atoms with Crippen LogP contribution in [-0.4, -0.2) is 57.7 Å². The number of ether oxygens (including phenoxy) is 4. The lowest BCUT2D eigenvalue weighted by Gasteiger charge is -2.31. The lowest BCUT2D eigenvalue weighted by molar-refractivity contribution is 0.132. The highest BCUT2D eigenvalue weighted by Gasteiger charge is 2.28. The molecule has 30 heavy (non-hydrogen) atoms. The number of terminal acetylenes is 1. The van der Waals surface area contributed by atoms with E-state index in [1.54, 1.807) is 20.6 Å². The lowest BCUT2D eigenvalue weighted by atomic mass is 10.0. The van der Waals surface area contributed by atoms with Crippen LogP contribution in [0, 0.1) is 12.3 Å². The third kappa shape index (κ3) is 3.88. The minimum atomic E-state index is 0.406. The van der Waals surface area contributed by atoms with Crippen LogP contribution in [0.15, 0.2) is 40.3 Å². The molecule has 2 aliphatic heterocycles. The molecule has 2 heterocycles. The zero-order valence-corrected chi connectivity index (χ0v) is 17.1. The Kier molecular flexibility index (Phi) is 5.98. The fraction of sp³-hybridized carbons (Fsp3) is 0.304. The molecule has 7 nitrogen and oxygen atoms in total. The van der Waals surface area contributed by atoms with Gasteiger partial charge in [0.25, 0.3) is 0 Å². The second kappa shape index (κ2) is 8.99. The molecular formula is C23H23N3O4. The monoisotopic (exact) mass is 405 g/mol. The summed E-state index contributed by atoms with van der Waals surface area (Å²) >= 11 is 0. The molecule has 0 N–H and O–H groups in total. The predicted octanol–water partition coefficient (Wildman–Crippen LogP) is 3.29. The van der Waals surface area contributed by atoms with E-state index in [9.17, 15) is 0 Å². The molecule has 0 atom stereocenters. The molecule has 2 aliphatic rings. The van der Waals surface area contributed by atoms with Crippen LogP contribution in [-0.2, 0) is 16.0 Å². The third-order valence-electron chi connectivity index (χ3n) is 4.86. The van der Waals surface area contributed by atoms with Crippen LogP contribution in [0.1, 0.15) is 16.7 Å². The van der Waals surface area contributed by atoms with E-state index in [0.717, 1.165) is 33.9 Å². The van der Waals surface area contributed by atoms with E-state index in [1.807, 2.05) is 35.2 Å². The highest BCUT2D eigenvalue weighted by atomic mass is 16.5. The first-order chi connectivity index (χ1) is 14.7. The fourth-order valence-electron chi connectivity index (χ4n) is 3.38. The SMILES string of the molecule is C#Cc1cccc2c1CN1C=Nc3cc(OCCOC)c(OCCOC)cc3C1=N2. The number of rotatable bonds is 8. The second-order valence-electron chi connectivity index (χ2n) is 6.75. The van der Waals surface area contributed by atoms with E-state index in [1.165, 1.54) is 0 Å². The van der Waals surface area contributed by atoms with Crippen molar-refractivity contribution in [2.75, 3.05) is 40.6 Å². The number of nitrogens with zero attached hydrogens (tertiary/aromatic N) is 3. The van der Waals surface area contributed by atoms with E-state index >= 15 is 0 Å². The summed E-state index contributed by atoms with van der Waals surface area (Å²) in [6.07, 6.45) is 7.44. The van der Waals surface area contributed by atoms with Gasteiger partial charge in [0.2, 0.25) is 0 Å². The number of benzene rings is 2. The van der Waals surface area contributed by atoms with Crippen molar-refractivity contribution in [2.45, 2.75) is 6.54 Å². The van der Waals surface area contributed by atoms with Crippen LogP contribution < -0.4 is 9.47 Å². The molecule has 0 aliphatic carbocycles. The number of fused-ring (bicyclic) bond motifs is 4. The normalized spacial score (nSPS) is 13.6. The van der Waals surface area contributed by atoms with Crippen LogP contribution >= 0.6 is 0 Å². The van der Waals surface area contributed by atoms with Gasteiger partial charge in [-0.15, -0.1) is 6.42 Å². The summed E-state index contributed by atoms with van der Waals surface area (Å²) in [5.41, 5.74) is 4.39. The minimum absolute atomic E-state index is 0.406. The van der Waals surface area contributed by atoms with E-state index in [0.29, 0.717) is 44.5 Å². The molecule has 0 saturated heterocycles. The van der Waals surface area contributed by atoms with Gasteiger partial charge in [-0.25, -0.2) is 9.98 Å². The first-order valence-electron chi connectivity index (χ1n) is 9.65. The summed E-state index contributed by atoms with van der Waals surface area (Å²) in [6.45, 7) is 2.39. The van der Waals surface area contributed by atoms with Gasteiger partial charge in [0.05, 0.1) is 37.5 Å². The maximum Gasteiger partial charge on any atom is 0.163 e. The Labute approximate surface area is 175 Å². The Bertz CT molecular complexity index is 1040. The van der Waals surface area contributed by atoms with E-state index in [2.05, 4.69) is 10.9 Å². The first kappa shape index (κ1) is 20.0. The minimum Gasteiger partial charge on any atom is -0.487 e. The van der Waals surface area contributed by atoms with Crippen LogP contribution in [0.2, 0.25) is 0 Å². The van der Waals surface area contributed by atoms with Gasteiger partial charge in [-0.3, -0.25) is 0 Å². The molecule has 0 spiro atoms. The van der Waals surface area contributed by atoms with Gasteiger partial charge >= 0.3 is 0 Å². The smallest absolute Gasteiger partial charge is 0.163 e. The largest absolute Gasteiger partial charge is 0.487 e. The number of hydrogen-bond donors (Lipinski definition) is 0. The van der Waals surface area contributed by atoms with Crippen LogP contribution in [0.5, 0.6) is 11.5 Å². The molecule has 0 radical (unpaired) electrons. The molecule has 2 aromatic carbocycles. The Morgan fingerprint density at radius 3 is 2.43 bits per heavy atom. The van der Waals surface area contributed by atoms with Crippen molar-refractivity contribution in [1.29, 1.82) is 0 Å². The van der Waals surface area contributed by atoms with Gasteiger partial charge < -0.3 is 23.8 Å². The standard InChI is InChI=1S/C23H23N3O4/c1-4-16-6-5-7-19-18(16)14-26-15-24-20-13-22(30-11-9-28-3)21(29-10-8-27-2)12-17(20)23(26)25-19/h1,5-7,12-13,15H,8-11,14H2,2-3H3. The summed E-state index contributed by atoms with van der Waals surface area (Å²) in [5.74, 6) is 4.77. The van der Waals surface area contributed by atoms with Gasteiger partial charge in [0, 0.05) is 37.0 Å². The molecule has 2 aromatic rings. The maximum absolute atomic E-state index is 5.92. The molecule has 0 amide bonds. The topological polar surface area (TPSA) is 64.9 Å². The van der Waals surface area contributed by atoms with Crippen molar-refractivity contribution >= 4 is 23.5 Å². The Hall–Kier alpha value is -3.34. The Morgan fingerprint density at radius 1 is 1.00 bits per heavy atom.